The van der Waals surface area contributed by atoms with E-state index in [9.17, 15) is 0 Å². The van der Waals surface area contributed by atoms with Crippen LogP contribution in [0.1, 0.15) is 39.7 Å². The topological polar surface area (TPSA) is 24.9 Å². The number of nitrogens with zero attached hydrogens (tertiary/aromatic N) is 1. The van der Waals surface area contributed by atoms with E-state index in [1.807, 2.05) is 13.0 Å². The lowest BCUT2D eigenvalue weighted by molar-refractivity contribution is 0.626. The fraction of sp³-hybridized carbons (Fsp3) is 0.400. The van der Waals surface area contributed by atoms with E-state index in [0.717, 1.165) is 27.8 Å². The third kappa shape index (κ3) is 3.16. The van der Waals surface area contributed by atoms with Crippen LogP contribution in [-0.2, 0) is 0 Å². The lowest BCUT2D eigenvalue weighted by Gasteiger charge is -2.16. The zero-order chi connectivity index (χ0) is 14.0. The zero-order valence-corrected chi connectivity index (χ0v) is 13.3. The van der Waals surface area contributed by atoms with Crippen LogP contribution in [0.5, 0.6) is 0 Å². The Labute approximate surface area is 123 Å². The van der Waals surface area contributed by atoms with Crippen molar-refractivity contribution in [2.75, 3.05) is 6.54 Å². The minimum atomic E-state index is 0.125. The van der Waals surface area contributed by atoms with Crippen LogP contribution in [0, 0.1) is 20.8 Å². The van der Waals surface area contributed by atoms with E-state index < -0.39 is 0 Å². The van der Waals surface area contributed by atoms with Crippen molar-refractivity contribution in [1.82, 2.24) is 10.3 Å². The van der Waals surface area contributed by atoms with Gasteiger partial charge in [0, 0.05) is 9.90 Å². The summed E-state index contributed by atoms with van der Waals surface area (Å²) in [5, 5.41) is 5.41. The monoisotopic (exact) mass is 294 g/mol. The van der Waals surface area contributed by atoms with Gasteiger partial charge >= 0.3 is 0 Å². The minimum absolute atomic E-state index is 0.125. The average molecular weight is 295 g/mol. The Hall–Kier alpha value is -0.900. The van der Waals surface area contributed by atoms with Crippen LogP contribution in [0.3, 0.4) is 0 Å². The molecule has 0 amide bonds. The molecule has 1 unspecified atom stereocenters. The van der Waals surface area contributed by atoms with Gasteiger partial charge in [0.2, 0.25) is 0 Å². The van der Waals surface area contributed by atoms with Gasteiger partial charge in [0.05, 0.1) is 11.7 Å². The second-order valence-electron chi connectivity index (χ2n) is 4.69. The van der Waals surface area contributed by atoms with Crippen molar-refractivity contribution in [2.45, 2.75) is 33.7 Å². The van der Waals surface area contributed by atoms with Gasteiger partial charge in [-0.2, -0.15) is 0 Å². The minimum Gasteiger partial charge on any atom is -0.305 e. The summed E-state index contributed by atoms with van der Waals surface area (Å²) in [5.74, 6) is 0. The second kappa shape index (κ2) is 6.04. The van der Waals surface area contributed by atoms with Crippen LogP contribution in [-0.4, -0.2) is 11.5 Å². The molecule has 0 aliphatic rings. The van der Waals surface area contributed by atoms with Crippen molar-refractivity contribution < 1.29 is 0 Å². The molecule has 1 aromatic carbocycles. The number of hydrogen-bond donors (Lipinski definition) is 1. The zero-order valence-electron chi connectivity index (χ0n) is 11.7. The Morgan fingerprint density at radius 3 is 2.58 bits per heavy atom. The molecule has 0 fully saturated rings. The molecule has 0 bridgehead atoms. The predicted octanol–water partition coefficient (Wildman–Crippen LogP) is 4.42. The smallest absolute Gasteiger partial charge is 0.115 e. The van der Waals surface area contributed by atoms with Crippen molar-refractivity contribution in [2.24, 2.45) is 0 Å². The molecule has 2 nitrogen and oxygen atoms in total. The number of rotatable bonds is 4. The van der Waals surface area contributed by atoms with Crippen molar-refractivity contribution in [1.29, 1.82) is 0 Å². The van der Waals surface area contributed by atoms with Crippen LogP contribution >= 0.6 is 22.9 Å². The maximum Gasteiger partial charge on any atom is 0.115 e. The second-order valence-corrected chi connectivity index (χ2v) is 6.33. The molecule has 0 saturated carbocycles. The molecular formula is C15H19ClN2S. The number of hydrogen-bond acceptors (Lipinski definition) is 3. The summed E-state index contributed by atoms with van der Waals surface area (Å²) in [6, 6.07) is 6.35. The van der Waals surface area contributed by atoms with E-state index in [4.69, 9.17) is 11.6 Å². The Morgan fingerprint density at radius 1 is 1.32 bits per heavy atom. The first-order valence-corrected chi connectivity index (χ1v) is 7.65. The number of aryl methyl sites for hydroxylation is 3. The van der Waals surface area contributed by atoms with Gasteiger partial charge in [-0.1, -0.05) is 30.7 Å². The highest BCUT2D eigenvalue weighted by Gasteiger charge is 2.18. The van der Waals surface area contributed by atoms with Crippen molar-refractivity contribution in [3.05, 3.63) is 49.9 Å². The Morgan fingerprint density at radius 2 is 2.05 bits per heavy atom. The summed E-state index contributed by atoms with van der Waals surface area (Å²) in [6.45, 7) is 9.19. The number of thiazole rings is 1. The fourth-order valence-corrected chi connectivity index (χ4v) is 3.18. The third-order valence-corrected chi connectivity index (χ3v) is 4.77. The van der Waals surface area contributed by atoms with Gasteiger partial charge in [-0.05, 0) is 44.5 Å². The first-order valence-electron chi connectivity index (χ1n) is 6.46. The average Bonchev–Trinajstić information content (AvgIpc) is 2.70. The SMILES string of the molecule is CCNC(c1ccc(C)c(Cl)c1)c1nc(C)c(C)s1. The summed E-state index contributed by atoms with van der Waals surface area (Å²) in [7, 11) is 0. The quantitative estimate of drug-likeness (QED) is 0.903. The summed E-state index contributed by atoms with van der Waals surface area (Å²) >= 11 is 7.99. The van der Waals surface area contributed by atoms with Gasteiger partial charge in [-0.15, -0.1) is 11.3 Å². The van der Waals surface area contributed by atoms with E-state index >= 15 is 0 Å². The molecule has 1 atom stereocenters. The van der Waals surface area contributed by atoms with Crippen LogP contribution in [0.2, 0.25) is 5.02 Å². The number of benzene rings is 1. The van der Waals surface area contributed by atoms with Crippen molar-refractivity contribution in [3.63, 3.8) is 0 Å². The Balaban J connectivity index is 2.41. The summed E-state index contributed by atoms with van der Waals surface area (Å²) in [6.07, 6.45) is 0. The summed E-state index contributed by atoms with van der Waals surface area (Å²) in [4.78, 5) is 5.94. The lowest BCUT2D eigenvalue weighted by Crippen LogP contribution is -2.21. The normalized spacial score (nSPS) is 12.7. The van der Waals surface area contributed by atoms with E-state index in [1.165, 1.54) is 10.4 Å². The van der Waals surface area contributed by atoms with E-state index in [-0.39, 0.29) is 6.04 Å². The van der Waals surface area contributed by atoms with E-state index in [2.05, 4.69) is 43.2 Å². The molecule has 102 valence electrons. The van der Waals surface area contributed by atoms with Gasteiger partial charge in [-0.25, -0.2) is 4.98 Å². The molecule has 0 radical (unpaired) electrons. The molecule has 1 aromatic heterocycles. The number of halogens is 1. The summed E-state index contributed by atoms with van der Waals surface area (Å²) < 4.78 is 0. The van der Waals surface area contributed by atoms with Gasteiger partial charge in [0.15, 0.2) is 0 Å². The molecule has 19 heavy (non-hydrogen) atoms. The van der Waals surface area contributed by atoms with Gasteiger partial charge in [-0.3, -0.25) is 0 Å². The van der Waals surface area contributed by atoms with E-state index in [0.29, 0.717) is 0 Å². The maximum absolute atomic E-state index is 6.24. The van der Waals surface area contributed by atoms with Crippen LogP contribution in [0.25, 0.3) is 0 Å². The first kappa shape index (κ1) is 14.5. The maximum atomic E-state index is 6.24. The van der Waals surface area contributed by atoms with Crippen molar-refractivity contribution >= 4 is 22.9 Å². The molecule has 0 spiro atoms. The third-order valence-electron chi connectivity index (χ3n) is 3.23. The Kier molecular flexibility index (Phi) is 4.61. The molecule has 0 aliphatic carbocycles. The lowest BCUT2D eigenvalue weighted by atomic mass is 10.1. The highest BCUT2D eigenvalue weighted by molar-refractivity contribution is 7.11. The molecular weight excluding hydrogens is 276 g/mol. The molecule has 1 heterocycles. The first-order chi connectivity index (χ1) is 9.02. The van der Waals surface area contributed by atoms with E-state index in [1.54, 1.807) is 11.3 Å². The predicted molar refractivity (Wildman–Crippen MR) is 83.3 cm³/mol. The van der Waals surface area contributed by atoms with Gasteiger partial charge in [0.1, 0.15) is 5.01 Å². The molecule has 2 rings (SSSR count). The molecule has 4 heteroatoms. The number of nitrogens with one attached hydrogen (secondary N) is 1. The standard InChI is InChI=1S/C15H19ClN2S/c1-5-17-14(15-18-10(3)11(4)19-15)12-7-6-9(2)13(16)8-12/h6-8,14,17H,5H2,1-4H3. The molecule has 2 aromatic rings. The highest BCUT2D eigenvalue weighted by atomic mass is 35.5. The largest absolute Gasteiger partial charge is 0.305 e. The molecule has 0 saturated heterocycles. The Bertz CT molecular complexity index is 558. The van der Waals surface area contributed by atoms with Gasteiger partial charge < -0.3 is 5.32 Å². The molecule has 1 N–H and O–H groups in total. The van der Waals surface area contributed by atoms with Gasteiger partial charge in [0.25, 0.3) is 0 Å². The van der Waals surface area contributed by atoms with Crippen LogP contribution in [0.4, 0.5) is 0 Å². The number of aromatic nitrogens is 1. The fourth-order valence-electron chi connectivity index (χ4n) is 1.96. The highest BCUT2D eigenvalue weighted by Crippen LogP contribution is 2.30. The molecule has 0 aliphatic heterocycles. The van der Waals surface area contributed by atoms with Crippen LogP contribution < -0.4 is 5.32 Å². The van der Waals surface area contributed by atoms with Crippen molar-refractivity contribution in [3.8, 4) is 0 Å². The summed E-state index contributed by atoms with van der Waals surface area (Å²) in [5.41, 5.74) is 3.39. The van der Waals surface area contributed by atoms with Crippen LogP contribution in [0.15, 0.2) is 18.2 Å².